The van der Waals surface area contributed by atoms with Crippen LogP contribution < -0.4 is 5.32 Å². The van der Waals surface area contributed by atoms with Crippen LogP contribution in [-0.4, -0.2) is 23.2 Å². The lowest BCUT2D eigenvalue weighted by atomic mass is 9.85. The molecule has 1 saturated carbocycles. The van der Waals surface area contributed by atoms with E-state index in [0.717, 1.165) is 31.2 Å². The molecule has 1 fully saturated rings. The second-order valence-corrected chi connectivity index (χ2v) is 6.42. The maximum atomic E-state index is 11.8. The molecule has 0 aliphatic heterocycles. The van der Waals surface area contributed by atoms with E-state index >= 15 is 0 Å². The molecule has 6 heteroatoms. The number of halogens is 1. The Morgan fingerprint density at radius 3 is 2.70 bits per heavy atom. The van der Waals surface area contributed by atoms with E-state index in [9.17, 15) is 14.7 Å². The third-order valence-corrected chi connectivity index (χ3v) is 4.38. The van der Waals surface area contributed by atoms with Gasteiger partial charge in [-0.2, -0.15) is 0 Å². The van der Waals surface area contributed by atoms with Crippen molar-refractivity contribution in [2.75, 3.05) is 0 Å². The lowest BCUT2D eigenvalue weighted by Crippen LogP contribution is -2.42. The van der Waals surface area contributed by atoms with Crippen molar-refractivity contribution in [3.63, 3.8) is 0 Å². The molecule has 2 rings (SSSR count). The smallest absolute Gasteiger partial charge is 0.408 e. The first-order chi connectivity index (χ1) is 11.0. The molecule has 0 aromatic heterocycles. The van der Waals surface area contributed by atoms with Crippen LogP contribution in [0.5, 0.6) is 0 Å². The quantitative estimate of drug-likeness (QED) is 0.821. The topological polar surface area (TPSA) is 75.6 Å². The highest BCUT2D eigenvalue weighted by Crippen LogP contribution is 2.27. The molecule has 0 saturated heterocycles. The van der Waals surface area contributed by atoms with Crippen molar-refractivity contribution in [1.82, 2.24) is 5.32 Å². The summed E-state index contributed by atoms with van der Waals surface area (Å²) in [5.41, 5.74) is 0.756. The van der Waals surface area contributed by atoms with Gasteiger partial charge >= 0.3 is 12.1 Å². The number of hydrogen-bond acceptors (Lipinski definition) is 3. The van der Waals surface area contributed by atoms with E-state index in [2.05, 4.69) is 5.32 Å². The minimum atomic E-state index is -1.02. The summed E-state index contributed by atoms with van der Waals surface area (Å²) in [5.74, 6) is -0.659. The molecule has 126 valence electrons. The molecule has 1 aliphatic carbocycles. The van der Waals surface area contributed by atoms with Crippen LogP contribution in [0.3, 0.4) is 0 Å². The molecule has 0 radical (unpaired) electrons. The molecule has 1 aromatic rings. The van der Waals surface area contributed by atoms with E-state index in [0.29, 0.717) is 17.4 Å². The number of ether oxygens (including phenoxy) is 1. The normalized spacial score (nSPS) is 16.6. The van der Waals surface area contributed by atoms with Gasteiger partial charge in [0.25, 0.3) is 0 Å². The number of nitrogens with one attached hydrogen (secondary N) is 1. The highest BCUT2D eigenvalue weighted by Gasteiger charge is 2.25. The van der Waals surface area contributed by atoms with Crippen LogP contribution in [-0.2, 0) is 16.1 Å². The van der Waals surface area contributed by atoms with Gasteiger partial charge in [-0.05, 0) is 30.0 Å². The molecule has 2 N–H and O–H groups in total. The number of amides is 1. The average molecular weight is 340 g/mol. The maximum absolute atomic E-state index is 11.8. The number of benzene rings is 1. The van der Waals surface area contributed by atoms with Crippen LogP contribution in [0.2, 0.25) is 5.02 Å². The van der Waals surface area contributed by atoms with Gasteiger partial charge in [0.15, 0.2) is 0 Å². The fourth-order valence-corrected chi connectivity index (χ4v) is 3.15. The first-order valence-corrected chi connectivity index (χ1v) is 8.33. The van der Waals surface area contributed by atoms with Crippen molar-refractivity contribution in [3.8, 4) is 0 Å². The number of aliphatic carboxylic acids is 1. The van der Waals surface area contributed by atoms with E-state index in [1.165, 1.54) is 6.42 Å². The minimum Gasteiger partial charge on any atom is -0.480 e. The summed E-state index contributed by atoms with van der Waals surface area (Å²) < 4.78 is 5.08. The van der Waals surface area contributed by atoms with Crippen LogP contribution in [0.15, 0.2) is 24.3 Å². The molecule has 1 unspecified atom stereocenters. The van der Waals surface area contributed by atoms with Gasteiger partial charge in [0.1, 0.15) is 12.6 Å². The largest absolute Gasteiger partial charge is 0.480 e. The van der Waals surface area contributed by atoms with Gasteiger partial charge < -0.3 is 15.2 Å². The van der Waals surface area contributed by atoms with Gasteiger partial charge in [-0.25, -0.2) is 9.59 Å². The van der Waals surface area contributed by atoms with Gasteiger partial charge in [-0.3, -0.25) is 0 Å². The van der Waals surface area contributed by atoms with Crippen LogP contribution in [0.4, 0.5) is 4.79 Å². The Labute approximate surface area is 141 Å². The number of carboxylic acids is 1. The third-order valence-electron chi connectivity index (χ3n) is 4.14. The molecule has 5 nitrogen and oxygen atoms in total. The van der Waals surface area contributed by atoms with Gasteiger partial charge in [0, 0.05) is 5.02 Å². The molecule has 0 spiro atoms. The number of rotatable bonds is 6. The first-order valence-electron chi connectivity index (χ1n) is 7.95. The van der Waals surface area contributed by atoms with E-state index in [-0.39, 0.29) is 6.61 Å². The number of alkyl carbamates (subject to hydrolysis) is 1. The predicted molar refractivity (Wildman–Crippen MR) is 87.4 cm³/mol. The van der Waals surface area contributed by atoms with Crippen molar-refractivity contribution in [2.45, 2.75) is 51.2 Å². The fourth-order valence-electron chi connectivity index (χ4n) is 2.94. The van der Waals surface area contributed by atoms with Crippen molar-refractivity contribution in [1.29, 1.82) is 0 Å². The Balaban J connectivity index is 1.81. The van der Waals surface area contributed by atoms with Crippen molar-refractivity contribution >= 4 is 23.7 Å². The minimum absolute atomic E-state index is 0.0577. The molecule has 1 amide bonds. The molecule has 0 bridgehead atoms. The second kappa shape index (κ2) is 8.77. The average Bonchev–Trinajstić information content (AvgIpc) is 2.53. The van der Waals surface area contributed by atoms with E-state index < -0.39 is 18.1 Å². The summed E-state index contributed by atoms with van der Waals surface area (Å²) in [5, 5.41) is 12.3. The second-order valence-electron chi connectivity index (χ2n) is 5.98. The van der Waals surface area contributed by atoms with E-state index in [1.807, 2.05) is 0 Å². The Morgan fingerprint density at radius 2 is 2.04 bits per heavy atom. The summed E-state index contributed by atoms with van der Waals surface area (Å²) in [6.07, 6.45) is 5.29. The molecular formula is C17H22ClNO4. The van der Waals surface area contributed by atoms with Gasteiger partial charge in [0.05, 0.1) is 0 Å². The van der Waals surface area contributed by atoms with Crippen molar-refractivity contribution < 1.29 is 19.4 Å². The zero-order chi connectivity index (χ0) is 16.7. The highest BCUT2D eigenvalue weighted by atomic mass is 35.5. The first kappa shape index (κ1) is 17.6. The zero-order valence-electron chi connectivity index (χ0n) is 13.0. The Morgan fingerprint density at radius 1 is 1.30 bits per heavy atom. The summed E-state index contributed by atoms with van der Waals surface area (Å²) in [6, 6.07) is 6.09. The van der Waals surface area contributed by atoms with Gasteiger partial charge in [-0.1, -0.05) is 55.8 Å². The number of carbonyl (C=O) groups excluding carboxylic acids is 1. The van der Waals surface area contributed by atoms with Crippen molar-refractivity contribution in [3.05, 3.63) is 34.9 Å². The Hall–Kier alpha value is -1.75. The lowest BCUT2D eigenvalue weighted by molar-refractivity contribution is -0.139. The lowest BCUT2D eigenvalue weighted by Gasteiger charge is -2.24. The Bertz CT molecular complexity index is 543. The molecule has 1 aromatic carbocycles. The van der Waals surface area contributed by atoms with Gasteiger partial charge in [-0.15, -0.1) is 0 Å². The molecular weight excluding hydrogens is 318 g/mol. The fraction of sp³-hybridized carbons (Fsp3) is 0.529. The standard InChI is InChI=1S/C17H22ClNO4/c18-14-8-4-7-13(9-14)11-23-17(22)19-15(16(20)21)10-12-5-2-1-3-6-12/h4,7-9,12,15H,1-3,5-6,10-11H2,(H,19,22)(H,20,21). The van der Waals surface area contributed by atoms with E-state index in [1.54, 1.807) is 24.3 Å². The van der Waals surface area contributed by atoms with Crippen LogP contribution in [0.1, 0.15) is 44.1 Å². The molecule has 1 atom stereocenters. The summed E-state index contributed by atoms with van der Waals surface area (Å²) in [6.45, 7) is 0.0577. The van der Waals surface area contributed by atoms with Crippen molar-refractivity contribution in [2.24, 2.45) is 5.92 Å². The molecule has 23 heavy (non-hydrogen) atoms. The SMILES string of the molecule is O=C(NC(CC1CCCCC1)C(=O)O)OCc1cccc(Cl)c1. The van der Waals surface area contributed by atoms with Crippen LogP contribution in [0, 0.1) is 5.92 Å². The maximum Gasteiger partial charge on any atom is 0.408 e. The monoisotopic (exact) mass is 339 g/mol. The number of carboxylic acid groups (broad SMARTS) is 1. The van der Waals surface area contributed by atoms with Crippen LogP contribution >= 0.6 is 11.6 Å². The van der Waals surface area contributed by atoms with E-state index in [4.69, 9.17) is 16.3 Å². The summed E-state index contributed by atoms with van der Waals surface area (Å²) in [7, 11) is 0. The van der Waals surface area contributed by atoms with Gasteiger partial charge in [0.2, 0.25) is 0 Å². The predicted octanol–water partition coefficient (Wildman–Crippen LogP) is 3.99. The molecule has 1 aliphatic rings. The third kappa shape index (κ3) is 6.10. The summed E-state index contributed by atoms with van der Waals surface area (Å²) in [4.78, 5) is 23.2. The highest BCUT2D eigenvalue weighted by molar-refractivity contribution is 6.30. The summed E-state index contributed by atoms with van der Waals surface area (Å²) >= 11 is 5.86. The number of hydrogen-bond donors (Lipinski definition) is 2. The Kier molecular flexibility index (Phi) is 6.71. The molecule has 0 heterocycles. The zero-order valence-corrected chi connectivity index (χ0v) is 13.7. The van der Waals surface area contributed by atoms with Crippen LogP contribution in [0.25, 0.3) is 0 Å². The number of carbonyl (C=O) groups is 2.